The summed E-state index contributed by atoms with van der Waals surface area (Å²) in [6.07, 6.45) is 8.73. The first-order valence-electron chi connectivity index (χ1n) is 9.77. The molecule has 0 radical (unpaired) electrons. The van der Waals surface area contributed by atoms with Crippen molar-refractivity contribution < 1.29 is 20.1 Å². The molecule has 24 heavy (non-hydrogen) atoms. The molecule has 4 saturated carbocycles. The molecule has 0 aliphatic heterocycles. The van der Waals surface area contributed by atoms with Gasteiger partial charge in [0.2, 0.25) is 0 Å². The van der Waals surface area contributed by atoms with Gasteiger partial charge < -0.3 is 15.3 Å². The molecule has 7 atom stereocenters. The molecule has 1 spiro atoms. The van der Waals surface area contributed by atoms with Gasteiger partial charge in [-0.25, -0.2) is 0 Å². The van der Waals surface area contributed by atoms with Gasteiger partial charge in [0.05, 0.1) is 17.6 Å². The summed E-state index contributed by atoms with van der Waals surface area (Å²) in [7, 11) is 0. The monoisotopic (exact) mass is 336 g/mol. The Hall–Kier alpha value is -0.610. The van der Waals surface area contributed by atoms with Gasteiger partial charge >= 0.3 is 5.97 Å². The molecule has 0 aromatic carbocycles. The number of hydrogen-bond donors (Lipinski definition) is 3. The van der Waals surface area contributed by atoms with E-state index in [9.17, 15) is 20.1 Å². The predicted octanol–water partition coefficient (Wildman–Crippen LogP) is 3.21. The maximum Gasteiger partial charge on any atom is 0.309 e. The maximum absolute atomic E-state index is 12.1. The van der Waals surface area contributed by atoms with Crippen LogP contribution in [0.5, 0.6) is 0 Å². The predicted molar refractivity (Wildman–Crippen MR) is 90.3 cm³/mol. The van der Waals surface area contributed by atoms with E-state index < -0.39 is 17.0 Å². The van der Waals surface area contributed by atoms with Crippen LogP contribution in [0, 0.1) is 34.0 Å². The number of fused-ring (bicyclic) bond motifs is 3. The van der Waals surface area contributed by atoms with E-state index in [0.717, 1.165) is 57.8 Å². The van der Waals surface area contributed by atoms with E-state index in [0.29, 0.717) is 5.92 Å². The van der Waals surface area contributed by atoms with Gasteiger partial charge in [-0.2, -0.15) is 0 Å². The Kier molecular flexibility index (Phi) is 3.49. The standard InChI is InChI=1S/C20H32O4/c1-17-7-3-8-18(2,16(22)23)14(17)6-9-19-10-13(4-5-15(17)19)20(24,11-19)12-21/h13-15,21,24H,3-12H2,1-2H3,(H,22,23)/t13-,14-,15-,17+,18+,19-,20+/m0/s1. The highest BCUT2D eigenvalue weighted by Gasteiger charge is 2.68. The van der Waals surface area contributed by atoms with Gasteiger partial charge in [-0.15, -0.1) is 0 Å². The number of hydrogen-bond acceptors (Lipinski definition) is 3. The zero-order valence-electron chi connectivity index (χ0n) is 15.1. The number of rotatable bonds is 2. The topological polar surface area (TPSA) is 77.8 Å². The molecular weight excluding hydrogens is 304 g/mol. The first-order chi connectivity index (χ1) is 11.2. The summed E-state index contributed by atoms with van der Waals surface area (Å²) in [6.45, 7) is 4.19. The van der Waals surface area contributed by atoms with Gasteiger partial charge in [-0.1, -0.05) is 13.3 Å². The van der Waals surface area contributed by atoms with E-state index >= 15 is 0 Å². The average molecular weight is 336 g/mol. The van der Waals surface area contributed by atoms with Crippen molar-refractivity contribution in [3.63, 3.8) is 0 Å². The fraction of sp³-hybridized carbons (Fsp3) is 0.950. The summed E-state index contributed by atoms with van der Waals surface area (Å²) in [5.74, 6) is 0.348. The van der Waals surface area contributed by atoms with Crippen LogP contribution in [0.2, 0.25) is 0 Å². The Balaban J connectivity index is 1.73. The molecule has 3 N–H and O–H groups in total. The summed E-state index contributed by atoms with van der Waals surface area (Å²) in [5, 5.41) is 30.6. The lowest BCUT2D eigenvalue weighted by Crippen LogP contribution is -2.58. The van der Waals surface area contributed by atoms with Crippen molar-refractivity contribution in [3.8, 4) is 0 Å². The highest BCUT2D eigenvalue weighted by Crippen LogP contribution is 2.72. The summed E-state index contributed by atoms with van der Waals surface area (Å²) >= 11 is 0. The number of carboxylic acid groups (broad SMARTS) is 1. The first kappa shape index (κ1) is 16.8. The van der Waals surface area contributed by atoms with E-state index in [1.807, 2.05) is 6.92 Å². The van der Waals surface area contributed by atoms with E-state index in [1.54, 1.807) is 0 Å². The molecule has 0 unspecified atom stereocenters. The average Bonchev–Trinajstić information content (AvgIpc) is 2.73. The van der Waals surface area contributed by atoms with Crippen molar-refractivity contribution in [1.29, 1.82) is 0 Å². The van der Waals surface area contributed by atoms with Crippen LogP contribution in [0.4, 0.5) is 0 Å². The Morgan fingerprint density at radius 2 is 1.83 bits per heavy atom. The van der Waals surface area contributed by atoms with Gasteiger partial charge in [-0.05, 0) is 86.9 Å². The zero-order chi connectivity index (χ0) is 17.4. The second-order valence-corrected chi connectivity index (χ2v) is 10.0. The fourth-order valence-corrected chi connectivity index (χ4v) is 8.06. The smallest absolute Gasteiger partial charge is 0.309 e. The van der Waals surface area contributed by atoms with Gasteiger partial charge in [0.15, 0.2) is 0 Å². The molecule has 4 aliphatic rings. The minimum atomic E-state index is -0.900. The van der Waals surface area contributed by atoms with Crippen molar-refractivity contribution in [1.82, 2.24) is 0 Å². The third kappa shape index (κ3) is 1.90. The second kappa shape index (κ2) is 4.97. The Bertz CT molecular complexity index is 562. The van der Waals surface area contributed by atoms with Crippen molar-refractivity contribution in [2.24, 2.45) is 34.0 Å². The lowest BCUT2D eigenvalue weighted by atomic mass is 9.41. The van der Waals surface area contributed by atoms with E-state index in [2.05, 4.69) is 6.92 Å². The first-order valence-corrected chi connectivity index (χ1v) is 9.77. The third-order valence-corrected chi connectivity index (χ3v) is 9.08. The highest BCUT2D eigenvalue weighted by atomic mass is 16.4. The summed E-state index contributed by atoms with van der Waals surface area (Å²) in [5.41, 5.74) is -1.31. The normalized spacial score (nSPS) is 56.4. The molecule has 4 fully saturated rings. The summed E-state index contributed by atoms with van der Waals surface area (Å²) < 4.78 is 0. The van der Waals surface area contributed by atoms with Crippen molar-refractivity contribution in [2.45, 2.75) is 77.2 Å². The number of carboxylic acids is 1. The molecule has 4 aliphatic carbocycles. The van der Waals surface area contributed by atoms with Crippen LogP contribution < -0.4 is 0 Å². The quantitative estimate of drug-likeness (QED) is 0.723. The molecule has 136 valence electrons. The number of aliphatic hydroxyl groups is 2. The lowest BCUT2D eigenvalue weighted by Gasteiger charge is -2.63. The Labute approximate surface area is 144 Å². The molecule has 4 heteroatoms. The van der Waals surface area contributed by atoms with Crippen LogP contribution in [0.15, 0.2) is 0 Å². The van der Waals surface area contributed by atoms with Crippen LogP contribution in [-0.4, -0.2) is 33.5 Å². The van der Waals surface area contributed by atoms with E-state index in [4.69, 9.17) is 0 Å². The summed E-state index contributed by atoms with van der Waals surface area (Å²) in [4.78, 5) is 12.1. The van der Waals surface area contributed by atoms with Crippen molar-refractivity contribution in [3.05, 3.63) is 0 Å². The molecular formula is C20H32O4. The van der Waals surface area contributed by atoms with E-state index in [1.165, 1.54) is 0 Å². The minimum Gasteiger partial charge on any atom is -0.481 e. The van der Waals surface area contributed by atoms with Gasteiger partial charge in [0.25, 0.3) is 0 Å². The third-order valence-electron chi connectivity index (χ3n) is 9.08. The summed E-state index contributed by atoms with van der Waals surface area (Å²) in [6, 6.07) is 0. The molecule has 0 aromatic heterocycles. The van der Waals surface area contributed by atoms with Crippen LogP contribution in [-0.2, 0) is 4.79 Å². The van der Waals surface area contributed by atoms with Crippen molar-refractivity contribution in [2.75, 3.05) is 6.61 Å². The van der Waals surface area contributed by atoms with Gasteiger partial charge in [-0.3, -0.25) is 4.79 Å². The Morgan fingerprint density at radius 1 is 1.08 bits per heavy atom. The molecule has 4 rings (SSSR count). The molecule has 0 saturated heterocycles. The number of carbonyl (C=O) groups is 1. The molecule has 4 nitrogen and oxygen atoms in total. The van der Waals surface area contributed by atoms with Crippen molar-refractivity contribution >= 4 is 5.97 Å². The Morgan fingerprint density at radius 3 is 2.50 bits per heavy atom. The molecule has 0 heterocycles. The molecule has 2 bridgehead atoms. The van der Waals surface area contributed by atoms with E-state index in [-0.39, 0.29) is 29.3 Å². The minimum absolute atomic E-state index is 0.0648. The largest absolute Gasteiger partial charge is 0.481 e. The molecule has 0 aromatic rings. The maximum atomic E-state index is 12.1. The highest BCUT2D eigenvalue weighted by molar-refractivity contribution is 5.75. The van der Waals surface area contributed by atoms with Crippen LogP contribution in [0.1, 0.15) is 71.6 Å². The molecule has 0 amide bonds. The van der Waals surface area contributed by atoms with Crippen LogP contribution >= 0.6 is 0 Å². The lowest BCUT2D eigenvalue weighted by molar-refractivity contribution is -0.181. The zero-order valence-corrected chi connectivity index (χ0v) is 15.1. The SMILES string of the molecule is C[C@@]12CCC[C@@](C)(C(=O)O)[C@H]1CC[C@@]13C[C@H](CC[C@H]12)[C@](O)(CO)C3. The fourth-order valence-electron chi connectivity index (χ4n) is 8.06. The van der Waals surface area contributed by atoms with Crippen LogP contribution in [0.25, 0.3) is 0 Å². The number of aliphatic carboxylic acids is 1. The van der Waals surface area contributed by atoms with Crippen LogP contribution in [0.3, 0.4) is 0 Å². The van der Waals surface area contributed by atoms with Gasteiger partial charge in [0, 0.05) is 0 Å². The second-order valence-electron chi connectivity index (χ2n) is 10.0. The number of aliphatic hydroxyl groups excluding tert-OH is 1. The van der Waals surface area contributed by atoms with Gasteiger partial charge in [0.1, 0.15) is 0 Å².